The topological polar surface area (TPSA) is 113 Å². The smallest absolute Gasteiger partial charge is 0.305 e. The Morgan fingerprint density at radius 3 is 2.82 bits per heavy atom. The van der Waals surface area contributed by atoms with E-state index in [1.54, 1.807) is 23.1 Å². The molecule has 7 heteroatoms. The lowest BCUT2D eigenvalue weighted by atomic mass is 10.1. The fourth-order valence-corrected chi connectivity index (χ4v) is 2.35. The SMILES string of the molecule is NCCCN1Cc2ccc(C(=O)NCCC(=O)O)cc2C1=O. The molecule has 0 radical (unpaired) electrons. The molecule has 0 saturated heterocycles. The largest absolute Gasteiger partial charge is 0.481 e. The summed E-state index contributed by atoms with van der Waals surface area (Å²) in [5, 5.41) is 11.1. The van der Waals surface area contributed by atoms with E-state index in [9.17, 15) is 14.4 Å². The number of aliphatic carboxylic acids is 1. The van der Waals surface area contributed by atoms with Crippen LogP contribution in [0.25, 0.3) is 0 Å². The standard InChI is InChI=1S/C15H19N3O4/c16-5-1-7-18-9-11-3-2-10(8-12(11)15(18)22)14(21)17-6-4-13(19)20/h2-3,8H,1,4-7,9,16H2,(H,17,21)(H,19,20). The van der Waals surface area contributed by atoms with E-state index in [2.05, 4.69) is 5.32 Å². The molecule has 1 aromatic carbocycles. The fourth-order valence-electron chi connectivity index (χ4n) is 2.35. The van der Waals surface area contributed by atoms with Crippen molar-refractivity contribution in [2.24, 2.45) is 5.73 Å². The molecule has 2 rings (SSSR count). The predicted molar refractivity (Wildman–Crippen MR) is 79.4 cm³/mol. The Labute approximate surface area is 128 Å². The molecule has 1 aliphatic heterocycles. The van der Waals surface area contributed by atoms with E-state index < -0.39 is 5.97 Å². The normalized spacial score (nSPS) is 13.1. The van der Waals surface area contributed by atoms with Gasteiger partial charge < -0.3 is 21.1 Å². The summed E-state index contributed by atoms with van der Waals surface area (Å²) in [7, 11) is 0. The molecular formula is C15H19N3O4. The van der Waals surface area contributed by atoms with Crippen LogP contribution in [0.2, 0.25) is 0 Å². The van der Waals surface area contributed by atoms with E-state index in [1.165, 1.54) is 0 Å². The molecular weight excluding hydrogens is 286 g/mol. The highest BCUT2D eigenvalue weighted by Gasteiger charge is 2.27. The molecule has 0 spiro atoms. The van der Waals surface area contributed by atoms with Gasteiger partial charge in [0.15, 0.2) is 0 Å². The van der Waals surface area contributed by atoms with Gasteiger partial charge in [-0.3, -0.25) is 14.4 Å². The quantitative estimate of drug-likeness (QED) is 0.666. The van der Waals surface area contributed by atoms with Gasteiger partial charge in [0.2, 0.25) is 0 Å². The number of hydrogen-bond donors (Lipinski definition) is 3. The first-order valence-electron chi connectivity index (χ1n) is 7.15. The van der Waals surface area contributed by atoms with Crippen molar-refractivity contribution in [1.29, 1.82) is 0 Å². The fraction of sp³-hybridized carbons (Fsp3) is 0.400. The summed E-state index contributed by atoms with van der Waals surface area (Å²) in [5.41, 5.74) is 7.24. The van der Waals surface area contributed by atoms with Crippen LogP contribution in [0.3, 0.4) is 0 Å². The molecule has 1 heterocycles. The third-order valence-electron chi connectivity index (χ3n) is 3.51. The van der Waals surface area contributed by atoms with Crippen LogP contribution >= 0.6 is 0 Å². The van der Waals surface area contributed by atoms with Crippen molar-refractivity contribution in [3.05, 3.63) is 34.9 Å². The van der Waals surface area contributed by atoms with E-state index in [4.69, 9.17) is 10.8 Å². The molecule has 0 unspecified atom stereocenters. The Hall–Kier alpha value is -2.41. The average Bonchev–Trinajstić information content (AvgIpc) is 2.80. The molecule has 2 amide bonds. The third-order valence-corrected chi connectivity index (χ3v) is 3.51. The Morgan fingerprint density at radius 1 is 1.36 bits per heavy atom. The maximum absolute atomic E-state index is 12.3. The van der Waals surface area contributed by atoms with Gasteiger partial charge in [-0.15, -0.1) is 0 Å². The third kappa shape index (κ3) is 3.62. The van der Waals surface area contributed by atoms with Gasteiger partial charge in [-0.2, -0.15) is 0 Å². The lowest BCUT2D eigenvalue weighted by Crippen LogP contribution is -2.27. The van der Waals surface area contributed by atoms with Crippen LogP contribution in [0.4, 0.5) is 0 Å². The van der Waals surface area contributed by atoms with Crippen LogP contribution in [0.5, 0.6) is 0 Å². The minimum Gasteiger partial charge on any atom is -0.481 e. The second kappa shape index (κ2) is 7.04. The minimum atomic E-state index is -0.972. The molecule has 7 nitrogen and oxygen atoms in total. The van der Waals surface area contributed by atoms with Gasteiger partial charge in [-0.1, -0.05) is 6.07 Å². The number of carboxylic acid groups (broad SMARTS) is 1. The van der Waals surface area contributed by atoms with Gasteiger partial charge in [0.05, 0.1) is 6.42 Å². The van der Waals surface area contributed by atoms with Gasteiger partial charge in [0, 0.05) is 30.8 Å². The number of carbonyl (C=O) groups excluding carboxylic acids is 2. The number of nitrogens with two attached hydrogens (primary N) is 1. The van der Waals surface area contributed by atoms with Gasteiger partial charge >= 0.3 is 5.97 Å². The summed E-state index contributed by atoms with van der Waals surface area (Å²) >= 11 is 0. The maximum Gasteiger partial charge on any atom is 0.305 e. The maximum atomic E-state index is 12.3. The van der Waals surface area contributed by atoms with E-state index in [1.807, 2.05) is 0 Å². The number of fused-ring (bicyclic) bond motifs is 1. The van der Waals surface area contributed by atoms with Crippen LogP contribution in [-0.4, -0.2) is 47.4 Å². The molecule has 0 saturated carbocycles. The van der Waals surface area contributed by atoms with Crippen molar-refractivity contribution in [2.45, 2.75) is 19.4 Å². The zero-order chi connectivity index (χ0) is 16.1. The Kier molecular flexibility index (Phi) is 5.11. The second-order valence-electron chi connectivity index (χ2n) is 5.14. The van der Waals surface area contributed by atoms with E-state index in [0.29, 0.717) is 30.8 Å². The molecule has 1 aromatic rings. The number of carbonyl (C=O) groups is 3. The molecule has 0 aliphatic carbocycles. The highest BCUT2D eigenvalue weighted by atomic mass is 16.4. The average molecular weight is 305 g/mol. The molecule has 0 fully saturated rings. The zero-order valence-corrected chi connectivity index (χ0v) is 12.2. The summed E-state index contributed by atoms with van der Waals surface area (Å²) < 4.78 is 0. The monoisotopic (exact) mass is 305 g/mol. The Bertz CT molecular complexity index is 600. The summed E-state index contributed by atoms with van der Waals surface area (Å²) in [6.07, 6.45) is 0.602. The highest BCUT2D eigenvalue weighted by molar-refractivity contribution is 6.02. The lowest BCUT2D eigenvalue weighted by Gasteiger charge is -2.14. The van der Waals surface area contributed by atoms with Gasteiger partial charge in [0.25, 0.3) is 11.8 Å². The minimum absolute atomic E-state index is 0.0574. The zero-order valence-electron chi connectivity index (χ0n) is 12.2. The molecule has 1 aliphatic rings. The van der Waals surface area contributed by atoms with Crippen molar-refractivity contribution in [1.82, 2.24) is 10.2 Å². The van der Waals surface area contributed by atoms with Crippen molar-refractivity contribution in [3.8, 4) is 0 Å². The number of amides is 2. The number of nitrogens with one attached hydrogen (secondary N) is 1. The number of carboxylic acids is 1. The van der Waals surface area contributed by atoms with Gasteiger partial charge in [-0.25, -0.2) is 0 Å². The number of hydrogen-bond acceptors (Lipinski definition) is 4. The molecule has 0 atom stereocenters. The predicted octanol–water partition coefficient (Wildman–Crippen LogP) is 0.196. The van der Waals surface area contributed by atoms with Crippen LogP contribution in [0.1, 0.15) is 39.1 Å². The summed E-state index contributed by atoms with van der Waals surface area (Å²) in [6.45, 7) is 1.72. The van der Waals surface area contributed by atoms with Crippen molar-refractivity contribution in [3.63, 3.8) is 0 Å². The van der Waals surface area contributed by atoms with Crippen molar-refractivity contribution in [2.75, 3.05) is 19.6 Å². The summed E-state index contributed by atoms with van der Waals surface area (Å²) in [6, 6.07) is 4.98. The Balaban J connectivity index is 2.04. The first-order chi connectivity index (χ1) is 10.5. The van der Waals surface area contributed by atoms with Crippen LogP contribution in [-0.2, 0) is 11.3 Å². The molecule has 118 valence electrons. The van der Waals surface area contributed by atoms with Crippen molar-refractivity contribution >= 4 is 17.8 Å². The highest BCUT2D eigenvalue weighted by Crippen LogP contribution is 2.24. The van der Waals surface area contributed by atoms with Crippen LogP contribution in [0.15, 0.2) is 18.2 Å². The first-order valence-corrected chi connectivity index (χ1v) is 7.15. The molecule has 0 aromatic heterocycles. The summed E-state index contributed by atoms with van der Waals surface area (Å²) in [5.74, 6) is -1.44. The summed E-state index contributed by atoms with van der Waals surface area (Å²) in [4.78, 5) is 36.3. The number of rotatable bonds is 7. The van der Waals surface area contributed by atoms with E-state index in [0.717, 1.165) is 12.0 Å². The van der Waals surface area contributed by atoms with Crippen molar-refractivity contribution < 1.29 is 19.5 Å². The number of benzene rings is 1. The van der Waals surface area contributed by atoms with E-state index >= 15 is 0 Å². The first kappa shape index (κ1) is 16.0. The van der Waals surface area contributed by atoms with Crippen LogP contribution < -0.4 is 11.1 Å². The lowest BCUT2D eigenvalue weighted by molar-refractivity contribution is -0.136. The number of nitrogens with zero attached hydrogens (tertiary/aromatic N) is 1. The van der Waals surface area contributed by atoms with Gasteiger partial charge in [0.1, 0.15) is 0 Å². The molecule has 22 heavy (non-hydrogen) atoms. The van der Waals surface area contributed by atoms with Crippen LogP contribution in [0, 0.1) is 0 Å². The van der Waals surface area contributed by atoms with Gasteiger partial charge in [-0.05, 0) is 30.7 Å². The molecule has 4 N–H and O–H groups in total. The Morgan fingerprint density at radius 2 is 2.14 bits per heavy atom. The van der Waals surface area contributed by atoms with E-state index in [-0.39, 0.29) is 24.8 Å². The molecule has 0 bridgehead atoms. The second-order valence-corrected chi connectivity index (χ2v) is 5.14.